The van der Waals surface area contributed by atoms with Crippen molar-refractivity contribution in [2.24, 2.45) is 5.73 Å². The molecule has 20 heavy (non-hydrogen) atoms. The van der Waals surface area contributed by atoms with Crippen molar-refractivity contribution in [3.8, 4) is 0 Å². The quantitative estimate of drug-likeness (QED) is 0.682. The Morgan fingerprint density at radius 3 is 2.35 bits per heavy atom. The van der Waals surface area contributed by atoms with Crippen molar-refractivity contribution in [2.75, 3.05) is 0 Å². The highest BCUT2D eigenvalue weighted by Gasteiger charge is 2.36. The first-order valence-electron chi connectivity index (χ1n) is 5.59. The Balaban J connectivity index is 2.97. The largest absolute Gasteiger partial charge is 0.418 e. The predicted molar refractivity (Wildman–Crippen MR) is 67.1 cm³/mol. The molecule has 0 spiro atoms. The Kier molecular flexibility index (Phi) is 5.15. The molecule has 0 saturated carbocycles. The SMILES string of the molecule is C=C(C=C(F)C(=CC)C(F)(F)F)C(N)c1ncccn1. The Morgan fingerprint density at radius 2 is 1.90 bits per heavy atom. The summed E-state index contributed by atoms with van der Waals surface area (Å²) in [6.45, 7) is 4.55. The van der Waals surface area contributed by atoms with Gasteiger partial charge < -0.3 is 5.73 Å². The molecule has 0 aliphatic heterocycles. The van der Waals surface area contributed by atoms with Crippen molar-refractivity contribution in [2.45, 2.75) is 19.1 Å². The van der Waals surface area contributed by atoms with Crippen LogP contribution in [0.2, 0.25) is 0 Å². The minimum absolute atomic E-state index is 0.0581. The van der Waals surface area contributed by atoms with Crippen LogP contribution in [0.15, 0.2) is 54.2 Å². The van der Waals surface area contributed by atoms with Crippen LogP contribution >= 0.6 is 0 Å². The zero-order chi connectivity index (χ0) is 15.3. The highest BCUT2D eigenvalue weighted by atomic mass is 19.4. The number of rotatable bonds is 4. The zero-order valence-corrected chi connectivity index (χ0v) is 10.7. The van der Waals surface area contributed by atoms with Crippen LogP contribution in [0.1, 0.15) is 18.8 Å². The molecule has 2 N–H and O–H groups in total. The third-order valence-electron chi connectivity index (χ3n) is 2.43. The number of hydrogen-bond donors (Lipinski definition) is 1. The van der Waals surface area contributed by atoms with Gasteiger partial charge in [-0.25, -0.2) is 14.4 Å². The minimum atomic E-state index is -4.77. The van der Waals surface area contributed by atoms with Crippen LogP contribution in [0.25, 0.3) is 0 Å². The van der Waals surface area contributed by atoms with Crippen LogP contribution < -0.4 is 5.73 Å². The van der Waals surface area contributed by atoms with Crippen LogP contribution in [0.5, 0.6) is 0 Å². The lowest BCUT2D eigenvalue weighted by atomic mass is 10.1. The summed E-state index contributed by atoms with van der Waals surface area (Å²) < 4.78 is 51.1. The molecule has 0 saturated heterocycles. The summed E-state index contributed by atoms with van der Waals surface area (Å²) in [5, 5.41) is 0. The molecule has 3 nitrogen and oxygen atoms in total. The number of halogens is 4. The van der Waals surface area contributed by atoms with Gasteiger partial charge in [-0.15, -0.1) is 0 Å². The smallest absolute Gasteiger partial charge is 0.318 e. The van der Waals surface area contributed by atoms with Crippen molar-refractivity contribution < 1.29 is 17.6 Å². The summed E-state index contributed by atoms with van der Waals surface area (Å²) in [7, 11) is 0. The molecule has 0 radical (unpaired) electrons. The molecular weight excluding hydrogens is 274 g/mol. The fraction of sp³-hybridized carbons (Fsp3) is 0.231. The van der Waals surface area contributed by atoms with E-state index >= 15 is 0 Å². The molecule has 1 aromatic heterocycles. The van der Waals surface area contributed by atoms with Gasteiger partial charge in [0.1, 0.15) is 11.7 Å². The number of nitrogens with two attached hydrogens (primary N) is 1. The van der Waals surface area contributed by atoms with Gasteiger partial charge in [-0.2, -0.15) is 13.2 Å². The fourth-order valence-electron chi connectivity index (χ4n) is 1.40. The molecule has 0 aliphatic carbocycles. The van der Waals surface area contributed by atoms with Gasteiger partial charge in [0.2, 0.25) is 0 Å². The fourth-order valence-corrected chi connectivity index (χ4v) is 1.40. The Labute approximate surface area is 113 Å². The Hall–Kier alpha value is -2.02. The van der Waals surface area contributed by atoms with Gasteiger partial charge in [-0.3, -0.25) is 0 Å². The molecule has 1 heterocycles. The van der Waals surface area contributed by atoms with Crippen LogP contribution in [-0.2, 0) is 0 Å². The van der Waals surface area contributed by atoms with E-state index in [9.17, 15) is 17.6 Å². The maximum atomic E-state index is 13.6. The highest BCUT2D eigenvalue weighted by Crippen LogP contribution is 2.33. The number of allylic oxidation sites excluding steroid dienone is 3. The van der Waals surface area contributed by atoms with E-state index in [0.717, 1.165) is 6.92 Å². The van der Waals surface area contributed by atoms with E-state index in [2.05, 4.69) is 16.5 Å². The van der Waals surface area contributed by atoms with Crippen LogP contribution in [-0.4, -0.2) is 16.1 Å². The van der Waals surface area contributed by atoms with Gasteiger partial charge in [-0.05, 0) is 24.6 Å². The zero-order valence-electron chi connectivity index (χ0n) is 10.7. The molecule has 0 amide bonds. The second kappa shape index (κ2) is 6.42. The number of hydrogen-bond acceptors (Lipinski definition) is 3. The number of nitrogens with zero attached hydrogens (tertiary/aromatic N) is 2. The molecule has 0 aromatic carbocycles. The molecule has 1 rings (SSSR count). The minimum Gasteiger partial charge on any atom is -0.318 e. The average molecular weight is 287 g/mol. The summed E-state index contributed by atoms with van der Waals surface area (Å²) in [5.74, 6) is -1.30. The maximum absolute atomic E-state index is 13.6. The standard InChI is InChI=1S/C13H13F4N3/c1-3-9(13(15,16)17)10(14)7-8(2)11(18)12-19-5-4-6-20-12/h3-7,11H,2,18H2,1H3. The summed E-state index contributed by atoms with van der Waals surface area (Å²) in [6.07, 6.45) is -0.651. The van der Waals surface area contributed by atoms with E-state index in [1.165, 1.54) is 12.4 Å². The average Bonchev–Trinajstić information content (AvgIpc) is 2.37. The summed E-state index contributed by atoms with van der Waals surface area (Å²) in [6, 6.07) is 0.574. The molecule has 0 fully saturated rings. The lowest BCUT2D eigenvalue weighted by Crippen LogP contribution is -2.16. The third kappa shape index (κ3) is 3.99. The van der Waals surface area contributed by atoms with Gasteiger partial charge in [0.05, 0.1) is 11.6 Å². The van der Waals surface area contributed by atoms with Crippen LogP contribution in [0.4, 0.5) is 17.6 Å². The lowest BCUT2D eigenvalue weighted by Gasteiger charge is -2.12. The second-order valence-corrected chi connectivity index (χ2v) is 3.85. The van der Waals surface area contributed by atoms with Crippen LogP contribution in [0.3, 0.4) is 0 Å². The molecule has 108 valence electrons. The topological polar surface area (TPSA) is 51.8 Å². The lowest BCUT2D eigenvalue weighted by molar-refractivity contribution is -0.0911. The molecular formula is C13H13F4N3. The first-order valence-corrected chi connectivity index (χ1v) is 5.59. The van der Waals surface area contributed by atoms with Crippen molar-refractivity contribution in [1.29, 1.82) is 0 Å². The summed E-state index contributed by atoms with van der Waals surface area (Å²) in [4.78, 5) is 7.67. The molecule has 7 heteroatoms. The normalized spacial score (nSPS) is 15.1. The Bertz CT molecular complexity index is 532. The van der Waals surface area contributed by atoms with E-state index in [1.807, 2.05) is 0 Å². The van der Waals surface area contributed by atoms with Crippen molar-refractivity contribution in [3.63, 3.8) is 0 Å². The van der Waals surface area contributed by atoms with E-state index < -0.39 is 23.6 Å². The number of alkyl halides is 3. The van der Waals surface area contributed by atoms with Gasteiger partial charge in [0, 0.05) is 12.4 Å². The summed E-state index contributed by atoms with van der Waals surface area (Å²) >= 11 is 0. The second-order valence-electron chi connectivity index (χ2n) is 3.85. The van der Waals surface area contributed by atoms with E-state index in [4.69, 9.17) is 5.73 Å². The monoisotopic (exact) mass is 287 g/mol. The molecule has 1 atom stereocenters. The maximum Gasteiger partial charge on any atom is 0.418 e. The van der Waals surface area contributed by atoms with Gasteiger partial charge in [-0.1, -0.05) is 12.7 Å². The van der Waals surface area contributed by atoms with Gasteiger partial charge in [0.15, 0.2) is 0 Å². The van der Waals surface area contributed by atoms with Gasteiger partial charge >= 0.3 is 6.18 Å². The van der Waals surface area contributed by atoms with Gasteiger partial charge in [0.25, 0.3) is 0 Å². The van der Waals surface area contributed by atoms with E-state index in [0.29, 0.717) is 12.2 Å². The Morgan fingerprint density at radius 1 is 1.35 bits per heavy atom. The number of aromatic nitrogens is 2. The van der Waals surface area contributed by atoms with E-state index in [1.54, 1.807) is 6.07 Å². The summed E-state index contributed by atoms with van der Waals surface area (Å²) in [5.41, 5.74) is 4.27. The third-order valence-corrected chi connectivity index (χ3v) is 2.43. The molecule has 1 unspecified atom stereocenters. The molecule has 1 aromatic rings. The van der Waals surface area contributed by atoms with Crippen molar-refractivity contribution in [3.05, 3.63) is 60.0 Å². The highest BCUT2D eigenvalue weighted by molar-refractivity contribution is 5.37. The first-order chi connectivity index (χ1) is 9.27. The van der Waals surface area contributed by atoms with E-state index in [-0.39, 0.29) is 11.4 Å². The predicted octanol–water partition coefficient (Wildman–Crippen LogP) is 3.39. The molecule has 0 aliphatic rings. The van der Waals surface area contributed by atoms with Crippen molar-refractivity contribution in [1.82, 2.24) is 9.97 Å². The van der Waals surface area contributed by atoms with Crippen LogP contribution in [0, 0.1) is 0 Å². The van der Waals surface area contributed by atoms with Crippen molar-refractivity contribution >= 4 is 0 Å². The first kappa shape index (κ1) is 16.0. The molecule has 0 bridgehead atoms.